The lowest BCUT2D eigenvalue weighted by Gasteiger charge is -2.22. The van der Waals surface area contributed by atoms with Crippen molar-refractivity contribution < 1.29 is 9.53 Å². The molecule has 114 valence electrons. The molecule has 1 aliphatic heterocycles. The van der Waals surface area contributed by atoms with Crippen LogP contribution in [0.3, 0.4) is 0 Å². The Morgan fingerprint density at radius 3 is 2.95 bits per heavy atom. The molecule has 1 aromatic carbocycles. The van der Waals surface area contributed by atoms with E-state index in [1.54, 1.807) is 0 Å². The first-order chi connectivity index (χ1) is 10.1. The maximum absolute atomic E-state index is 11.6. The largest absolute Gasteiger partial charge is 0.379 e. The highest BCUT2D eigenvalue weighted by atomic mass is 79.9. The fraction of sp³-hybridized carbons (Fsp3) is 0.533. The highest BCUT2D eigenvalue weighted by molar-refractivity contribution is 9.10. The molecule has 1 fully saturated rings. The first kappa shape index (κ1) is 14.8. The number of likely N-dealkylation sites (N-methyl/N-ethyl adjacent to an activating group) is 1. The third kappa shape index (κ3) is 3.22. The monoisotopic (exact) mass is 353 g/mol. The first-order valence-corrected chi connectivity index (χ1v) is 8.04. The van der Waals surface area contributed by atoms with E-state index in [1.807, 2.05) is 19.2 Å². The summed E-state index contributed by atoms with van der Waals surface area (Å²) in [7, 11) is 2.02. The van der Waals surface area contributed by atoms with Crippen LogP contribution in [-0.2, 0) is 9.53 Å². The number of carbonyl (C=O) groups excluding carboxylic acids is 1. The zero-order valence-corrected chi connectivity index (χ0v) is 13.6. The molecule has 3 rings (SSSR count). The molecule has 0 radical (unpaired) electrons. The summed E-state index contributed by atoms with van der Waals surface area (Å²) in [5.41, 5.74) is 8.52. The van der Waals surface area contributed by atoms with Crippen LogP contribution in [0.15, 0.2) is 16.6 Å². The molecule has 1 saturated carbocycles. The van der Waals surface area contributed by atoms with Crippen LogP contribution >= 0.6 is 15.9 Å². The van der Waals surface area contributed by atoms with Gasteiger partial charge in [-0.3, -0.25) is 4.79 Å². The van der Waals surface area contributed by atoms with Gasteiger partial charge < -0.3 is 20.7 Å². The van der Waals surface area contributed by atoms with Crippen LogP contribution in [0.4, 0.5) is 11.4 Å². The second-order valence-electron chi connectivity index (χ2n) is 5.80. The van der Waals surface area contributed by atoms with Crippen molar-refractivity contribution in [2.24, 2.45) is 11.7 Å². The van der Waals surface area contributed by atoms with E-state index in [4.69, 9.17) is 10.5 Å². The van der Waals surface area contributed by atoms with Gasteiger partial charge in [0.05, 0.1) is 12.3 Å². The molecule has 0 spiro atoms. The van der Waals surface area contributed by atoms with Gasteiger partial charge in [-0.05, 0) is 46.8 Å². The Bertz CT molecular complexity index is 560. The lowest BCUT2D eigenvalue weighted by Crippen LogP contribution is -2.23. The maximum atomic E-state index is 11.6. The second kappa shape index (κ2) is 5.94. The summed E-state index contributed by atoms with van der Waals surface area (Å²) in [6.45, 7) is 2.40. The summed E-state index contributed by atoms with van der Waals surface area (Å²) in [5, 5.41) is 2.82. The van der Waals surface area contributed by atoms with E-state index in [2.05, 4.69) is 26.1 Å². The quantitative estimate of drug-likeness (QED) is 0.769. The molecule has 6 heteroatoms. The topological polar surface area (TPSA) is 67.6 Å². The van der Waals surface area contributed by atoms with Crippen molar-refractivity contribution in [3.05, 3.63) is 22.2 Å². The molecule has 0 saturated heterocycles. The number of amides is 1. The van der Waals surface area contributed by atoms with Gasteiger partial charge in [0.25, 0.3) is 0 Å². The molecule has 1 unspecified atom stereocenters. The average Bonchev–Trinajstić information content (AvgIpc) is 3.23. The van der Waals surface area contributed by atoms with Crippen LogP contribution < -0.4 is 16.0 Å². The van der Waals surface area contributed by atoms with Crippen LogP contribution in [0, 0.1) is 5.92 Å². The molecule has 3 N–H and O–H groups in total. The number of nitrogens with two attached hydrogens (primary N) is 1. The van der Waals surface area contributed by atoms with Crippen molar-refractivity contribution in [3.63, 3.8) is 0 Å². The highest BCUT2D eigenvalue weighted by Crippen LogP contribution is 2.37. The molecular formula is C15H20BrN3O2. The van der Waals surface area contributed by atoms with Gasteiger partial charge in [-0.25, -0.2) is 0 Å². The number of carbonyl (C=O) groups is 1. The van der Waals surface area contributed by atoms with Crippen LogP contribution in [0.2, 0.25) is 0 Å². The number of hydrogen-bond acceptors (Lipinski definition) is 4. The van der Waals surface area contributed by atoms with Crippen molar-refractivity contribution in [2.75, 3.05) is 37.0 Å². The average molecular weight is 354 g/mol. The van der Waals surface area contributed by atoms with Crippen LogP contribution in [0.1, 0.15) is 24.4 Å². The van der Waals surface area contributed by atoms with Crippen LogP contribution in [0.25, 0.3) is 0 Å². The Balaban J connectivity index is 1.64. The van der Waals surface area contributed by atoms with E-state index in [0.717, 1.165) is 40.5 Å². The Morgan fingerprint density at radius 2 is 2.24 bits per heavy atom. The van der Waals surface area contributed by atoms with Crippen molar-refractivity contribution in [3.8, 4) is 0 Å². The van der Waals surface area contributed by atoms with Gasteiger partial charge in [0, 0.05) is 35.9 Å². The van der Waals surface area contributed by atoms with Gasteiger partial charge in [-0.15, -0.1) is 0 Å². The molecular weight excluding hydrogens is 334 g/mol. The van der Waals surface area contributed by atoms with Crippen molar-refractivity contribution in [1.82, 2.24) is 0 Å². The van der Waals surface area contributed by atoms with Gasteiger partial charge in [-0.1, -0.05) is 0 Å². The zero-order chi connectivity index (χ0) is 15.0. The number of hydrogen-bond donors (Lipinski definition) is 2. The summed E-state index contributed by atoms with van der Waals surface area (Å²) in [6.07, 6.45) is 2.62. The standard InChI is InChI=1S/C15H20BrN3O2/c1-19(4-5-21-8-9-2-3-9)13-7-12-10(6-11(13)16)14(17)15(20)18-12/h6-7,9,14H,2-5,8,17H2,1H3,(H,18,20). The summed E-state index contributed by atoms with van der Waals surface area (Å²) in [6, 6.07) is 3.32. The minimum absolute atomic E-state index is 0.149. The molecule has 1 aliphatic carbocycles. The molecule has 1 atom stereocenters. The molecule has 21 heavy (non-hydrogen) atoms. The Labute approximate surface area is 132 Å². The SMILES string of the molecule is CN(CCOCC1CC1)c1cc2c(cc1Br)C(N)C(=O)N2. The predicted molar refractivity (Wildman–Crippen MR) is 86.5 cm³/mol. The molecule has 1 heterocycles. The van der Waals surface area contributed by atoms with E-state index in [0.29, 0.717) is 6.61 Å². The molecule has 2 aliphatic rings. The fourth-order valence-corrected chi connectivity index (χ4v) is 3.11. The molecule has 1 amide bonds. The first-order valence-electron chi connectivity index (χ1n) is 7.25. The zero-order valence-electron chi connectivity index (χ0n) is 12.1. The number of fused-ring (bicyclic) bond motifs is 1. The van der Waals surface area contributed by atoms with E-state index in [-0.39, 0.29) is 5.91 Å². The fourth-order valence-electron chi connectivity index (χ4n) is 2.44. The van der Waals surface area contributed by atoms with E-state index >= 15 is 0 Å². The molecule has 1 aromatic rings. The number of halogens is 1. The second-order valence-corrected chi connectivity index (χ2v) is 6.65. The smallest absolute Gasteiger partial charge is 0.245 e. The number of ether oxygens (including phenoxy) is 1. The number of benzene rings is 1. The van der Waals surface area contributed by atoms with Gasteiger partial charge in [-0.2, -0.15) is 0 Å². The Kier molecular flexibility index (Phi) is 4.19. The van der Waals surface area contributed by atoms with Gasteiger partial charge >= 0.3 is 0 Å². The Hall–Kier alpha value is -1.11. The third-order valence-electron chi connectivity index (χ3n) is 4.03. The molecule has 0 bridgehead atoms. The van der Waals surface area contributed by atoms with E-state index in [9.17, 15) is 4.79 Å². The molecule has 0 aromatic heterocycles. The maximum Gasteiger partial charge on any atom is 0.245 e. The number of nitrogens with zero attached hydrogens (tertiary/aromatic N) is 1. The molecule has 5 nitrogen and oxygen atoms in total. The third-order valence-corrected chi connectivity index (χ3v) is 4.66. The number of rotatable bonds is 6. The minimum atomic E-state index is -0.572. The normalized spacial score (nSPS) is 20.3. The van der Waals surface area contributed by atoms with Crippen molar-refractivity contribution in [2.45, 2.75) is 18.9 Å². The van der Waals surface area contributed by atoms with Gasteiger partial charge in [0.2, 0.25) is 5.91 Å². The number of nitrogens with one attached hydrogen (secondary N) is 1. The summed E-state index contributed by atoms with van der Waals surface area (Å²) < 4.78 is 6.61. The lowest BCUT2D eigenvalue weighted by molar-refractivity contribution is -0.116. The van der Waals surface area contributed by atoms with E-state index in [1.165, 1.54) is 12.8 Å². The lowest BCUT2D eigenvalue weighted by atomic mass is 10.1. The summed E-state index contributed by atoms with van der Waals surface area (Å²) >= 11 is 3.56. The predicted octanol–water partition coefficient (Wildman–Crippen LogP) is 2.26. The van der Waals surface area contributed by atoms with Crippen LogP contribution in [0.5, 0.6) is 0 Å². The number of anilines is 2. The highest BCUT2D eigenvalue weighted by Gasteiger charge is 2.28. The minimum Gasteiger partial charge on any atom is -0.379 e. The van der Waals surface area contributed by atoms with E-state index < -0.39 is 6.04 Å². The van der Waals surface area contributed by atoms with Gasteiger partial charge in [0.1, 0.15) is 6.04 Å². The van der Waals surface area contributed by atoms with Gasteiger partial charge in [0.15, 0.2) is 0 Å². The van der Waals surface area contributed by atoms with Crippen molar-refractivity contribution >= 4 is 33.2 Å². The summed E-state index contributed by atoms with van der Waals surface area (Å²) in [5.74, 6) is 0.642. The Morgan fingerprint density at radius 1 is 1.48 bits per heavy atom. The van der Waals surface area contributed by atoms with Crippen LogP contribution in [-0.4, -0.2) is 32.7 Å². The summed E-state index contributed by atoms with van der Waals surface area (Å²) in [4.78, 5) is 13.7. The van der Waals surface area contributed by atoms with Crippen molar-refractivity contribution in [1.29, 1.82) is 0 Å².